The van der Waals surface area contributed by atoms with Gasteiger partial charge in [-0.25, -0.2) is 9.97 Å². The monoisotopic (exact) mass is 214 g/mol. The lowest BCUT2D eigenvalue weighted by Crippen LogP contribution is -2.02. The Morgan fingerprint density at radius 3 is 2.44 bits per heavy atom. The van der Waals surface area contributed by atoms with Gasteiger partial charge in [-0.3, -0.25) is 4.98 Å². The van der Waals surface area contributed by atoms with E-state index in [0.717, 1.165) is 28.3 Å². The quantitative estimate of drug-likeness (QED) is 0.789. The van der Waals surface area contributed by atoms with Crippen LogP contribution in [0, 0.1) is 20.8 Å². The Hall–Kier alpha value is -1.97. The van der Waals surface area contributed by atoms with Crippen LogP contribution in [0.2, 0.25) is 0 Å². The van der Waals surface area contributed by atoms with Gasteiger partial charge < -0.3 is 5.73 Å². The van der Waals surface area contributed by atoms with Crippen LogP contribution in [-0.4, -0.2) is 15.0 Å². The molecule has 0 aliphatic carbocycles. The molecule has 2 heterocycles. The van der Waals surface area contributed by atoms with Gasteiger partial charge in [0.05, 0.1) is 11.4 Å². The number of anilines is 1. The maximum atomic E-state index is 5.88. The van der Waals surface area contributed by atoms with Crippen LogP contribution < -0.4 is 5.73 Å². The zero-order valence-corrected chi connectivity index (χ0v) is 9.65. The molecule has 2 aromatic rings. The second kappa shape index (κ2) is 3.89. The van der Waals surface area contributed by atoms with Gasteiger partial charge in [-0.05, 0) is 32.9 Å². The van der Waals surface area contributed by atoms with E-state index in [1.807, 2.05) is 32.9 Å². The Kier molecular flexibility index (Phi) is 2.56. The van der Waals surface area contributed by atoms with E-state index < -0.39 is 0 Å². The van der Waals surface area contributed by atoms with E-state index in [2.05, 4.69) is 15.0 Å². The maximum Gasteiger partial charge on any atom is 0.150 e. The third-order valence-corrected chi connectivity index (χ3v) is 2.50. The van der Waals surface area contributed by atoms with E-state index in [9.17, 15) is 0 Å². The molecule has 0 fully saturated rings. The zero-order valence-electron chi connectivity index (χ0n) is 9.65. The number of nitrogens with zero attached hydrogens (tertiary/aromatic N) is 3. The first kappa shape index (κ1) is 10.5. The van der Waals surface area contributed by atoms with Crippen LogP contribution in [0.1, 0.15) is 17.1 Å². The van der Waals surface area contributed by atoms with Gasteiger partial charge in [-0.1, -0.05) is 0 Å². The largest absolute Gasteiger partial charge is 0.382 e. The third-order valence-electron chi connectivity index (χ3n) is 2.50. The average Bonchev–Trinajstić information content (AvgIpc) is 2.23. The van der Waals surface area contributed by atoms with Gasteiger partial charge in [0.2, 0.25) is 0 Å². The number of hydrogen-bond donors (Lipinski definition) is 1. The van der Waals surface area contributed by atoms with E-state index in [4.69, 9.17) is 5.73 Å². The third kappa shape index (κ3) is 1.86. The molecule has 0 amide bonds. The normalized spacial score (nSPS) is 10.4. The highest BCUT2D eigenvalue weighted by Gasteiger charge is 2.08. The van der Waals surface area contributed by atoms with Crippen LogP contribution in [0.4, 0.5) is 5.82 Å². The Bertz CT molecular complexity index is 535. The Labute approximate surface area is 94.6 Å². The summed E-state index contributed by atoms with van der Waals surface area (Å²) in [5, 5.41) is 0. The van der Waals surface area contributed by atoms with E-state index in [0.29, 0.717) is 5.82 Å². The van der Waals surface area contributed by atoms with Crippen molar-refractivity contribution in [2.45, 2.75) is 20.8 Å². The Morgan fingerprint density at radius 1 is 1.06 bits per heavy atom. The van der Waals surface area contributed by atoms with Crippen molar-refractivity contribution in [3.63, 3.8) is 0 Å². The SMILES string of the molecule is Cc1cc(-c2nc(C)c(C)nc2N)ccn1. The van der Waals surface area contributed by atoms with Crippen molar-refractivity contribution in [1.29, 1.82) is 0 Å². The van der Waals surface area contributed by atoms with Crippen LogP contribution in [0.3, 0.4) is 0 Å². The Balaban J connectivity index is 2.60. The molecule has 0 aliphatic rings. The summed E-state index contributed by atoms with van der Waals surface area (Å²) in [4.78, 5) is 12.9. The standard InChI is InChI=1S/C12H14N4/c1-7-6-10(4-5-14-7)11-12(13)16-9(3)8(2)15-11/h4-6H,1-3H3,(H2,13,16). The maximum absolute atomic E-state index is 5.88. The molecular weight excluding hydrogens is 200 g/mol. The molecule has 0 atom stereocenters. The van der Waals surface area contributed by atoms with Crippen LogP contribution in [-0.2, 0) is 0 Å². The summed E-state index contributed by atoms with van der Waals surface area (Å²) < 4.78 is 0. The zero-order chi connectivity index (χ0) is 11.7. The van der Waals surface area contributed by atoms with Crippen LogP contribution in [0.5, 0.6) is 0 Å². The van der Waals surface area contributed by atoms with Gasteiger partial charge in [0.1, 0.15) is 11.5 Å². The molecule has 2 N–H and O–H groups in total. The molecule has 0 aromatic carbocycles. The van der Waals surface area contributed by atoms with E-state index in [1.54, 1.807) is 6.20 Å². The second-order valence-electron chi connectivity index (χ2n) is 3.81. The number of aromatic nitrogens is 3. The number of nitrogens with two attached hydrogens (primary N) is 1. The van der Waals surface area contributed by atoms with Gasteiger partial charge in [0, 0.05) is 17.5 Å². The average molecular weight is 214 g/mol. The summed E-state index contributed by atoms with van der Waals surface area (Å²) in [6, 6.07) is 3.84. The van der Waals surface area contributed by atoms with Crippen LogP contribution >= 0.6 is 0 Å². The number of aryl methyl sites for hydroxylation is 3. The molecule has 0 radical (unpaired) electrons. The summed E-state index contributed by atoms with van der Waals surface area (Å²) in [5.41, 5.74) is 10.3. The van der Waals surface area contributed by atoms with Crippen molar-refractivity contribution >= 4 is 5.82 Å². The van der Waals surface area contributed by atoms with Crippen molar-refractivity contribution < 1.29 is 0 Å². The molecule has 4 heteroatoms. The summed E-state index contributed by atoms with van der Waals surface area (Å²) in [6.07, 6.45) is 1.75. The predicted molar refractivity (Wildman–Crippen MR) is 63.9 cm³/mol. The first-order valence-electron chi connectivity index (χ1n) is 5.11. The van der Waals surface area contributed by atoms with Crippen molar-refractivity contribution in [3.8, 4) is 11.3 Å². The van der Waals surface area contributed by atoms with Gasteiger partial charge in [-0.15, -0.1) is 0 Å². The minimum atomic E-state index is 0.466. The fraction of sp³-hybridized carbons (Fsp3) is 0.250. The first-order chi connectivity index (χ1) is 7.58. The number of rotatable bonds is 1. The van der Waals surface area contributed by atoms with E-state index >= 15 is 0 Å². The lowest BCUT2D eigenvalue weighted by molar-refractivity contribution is 1.06. The summed E-state index contributed by atoms with van der Waals surface area (Å²) in [5.74, 6) is 0.466. The lowest BCUT2D eigenvalue weighted by Gasteiger charge is -2.07. The highest BCUT2D eigenvalue weighted by Crippen LogP contribution is 2.23. The van der Waals surface area contributed by atoms with Gasteiger partial charge in [0.25, 0.3) is 0 Å². The van der Waals surface area contributed by atoms with Crippen molar-refractivity contribution in [3.05, 3.63) is 35.4 Å². The van der Waals surface area contributed by atoms with Crippen molar-refractivity contribution in [2.75, 3.05) is 5.73 Å². The number of hydrogen-bond acceptors (Lipinski definition) is 4. The smallest absolute Gasteiger partial charge is 0.150 e. The summed E-state index contributed by atoms with van der Waals surface area (Å²) in [6.45, 7) is 5.77. The number of nitrogen functional groups attached to an aromatic ring is 1. The molecule has 0 saturated carbocycles. The fourth-order valence-corrected chi connectivity index (χ4v) is 1.53. The molecule has 0 bridgehead atoms. The second-order valence-corrected chi connectivity index (χ2v) is 3.81. The van der Waals surface area contributed by atoms with E-state index in [-0.39, 0.29) is 0 Å². The minimum Gasteiger partial charge on any atom is -0.382 e. The Morgan fingerprint density at radius 2 is 1.75 bits per heavy atom. The van der Waals surface area contributed by atoms with Gasteiger partial charge in [0.15, 0.2) is 0 Å². The highest BCUT2D eigenvalue weighted by molar-refractivity contribution is 5.69. The lowest BCUT2D eigenvalue weighted by atomic mass is 10.1. The topological polar surface area (TPSA) is 64.7 Å². The van der Waals surface area contributed by atoms with Crippen molar-refractivity contribution in [2.24, 2.45) is 0 Å². The molecule has 0 unspecified atom stereocenters. The minimum absolute atomic E-state index is 0.466. The molecule has 2 aromatic heterocycles. The van der Waals surface area contributed by atoms with Crippen LogP contribution in [0.25, 0.3) is 11.3 Å². The van der Waals surface area contributed by atoms with E-state index in [1.165, 1.54) is 0 Å². The van der Waals surface area contributed by atoms with Gasteiger partial charge in [-0.2, -0.15) is 0 Å². The molecule has 16 heavy (non-hydrogen) atoms. The summed E-state index contributed by atoms with van der Waals surface area (Å²) >= 11 is 0. The van der Waals surface area contributed by atoms with Crippen LogP contribution in [0.15, 0.2) is 18.3 Å². The molecule has 0 spiro atoms. The highest BCUT2D eigenvalue weighted by atomic mass is 14.9. The summed E-state index contributed by atoms with van der Waals surface area (Å²) in [7, 11) is 0. The molecule has 0 saturated heterocycles. The number of pyridine rings is 1. The van der Waals surface area contributed by atoms with Gasteiger partial charge >= 0.3 is 0 Å². The van der Waals surface area contributed by atoms with Crippen molar-refractivity contribution in [1.82, 2.24) is 15.0 Å². The molecule has 4 nitrogen and oxygen atoms in total. The molecular formula is C12H14N4. The molecule has 82 valence electrons. The molecule has 0 aliphatic heterocycles. The fourth-order valence-electron chi connectivity index (χ4n) is 1.53. The first-order valence-corrected chi connectivity index (χ1v) is 5.11. The predicted octanol–water partition coefficient (Wildman–Crippen LogP) is 2.05. The molecule has 2 rings (SSSR count).